The van der Waals surface area contributed by atoms with Gasteiger partial charge < -0.3 is 10.1 Å². The Morgan fingerprint density at radius 1 is 1.23 bits per heavy atom. The van der Waals surface area contributed by atoms with Crippen LogP contribution in [0.5, 0.6) is 0 Å². The van der Waals surface area contributed by atoms with Gasteiger partial charge in [0.1, 0.15) is 9.75 Å². The van der Waals surface area contributed by atoms with Gasteiger partial charge in [-0.05, 0) is 31.2 Å². The van der Waals surface area contributed by atoms with Crippen molar-refractivity contribution in [2.75, 3.05) is 11.9 Å². The molecule has 1 N–H and O–H groups in total. The Morgan fingerprint density at radius 3 is 2.23 bits per heavy atom. The minimum atomic E-state index is -1.12. The summed E-state index contributed by atoms with van der Waals surface area (Å²) < 4.78 is 3.87. The first-order valence-corrected chi connectivity index (χ1v) is 7.37. The zero-order valence-corrected chi connectivity index (χ0v) is 13.6. The number of nitrogens with one attached hydrogen (secondary N) is 1. The van der Waals surface area contributed by atoms with Crippen LogP contribution in [-0.4, -0.2) is 28.6 Å². The second-order valence-electron chi connectivity index (χ2n) is 5.47. The molecule has 118 valence electrons. The van der Waals surface area contributed by atoms with Gasteiger partial charge in [0.05, 0.1) is 0 Å². The van der Waals surface area contributed by atoms with Crippen LogP contribution in [0.2, 0.25) is 0 Å². The molecule has 1 aromatic rings. The van der Waals surface area contributed by atoms with E-state index in [0.29, 0.717) is 17.7 Å². The van der Waals surface area contributed by atoms with E-state index in [1.165, 1.54) is 6.92 Å². The maximum Gasteiger partial charge on any atom is 0.315 e. The number of hydrogen-bond acceptors (Lipinski definition) is 4. The summed E-state index contributed by atoms with van der Waals surface area (Å²) in [5, 5.41) is 2.59. The van der Waals surface area contributed by atoms with Crippen LogP contribution in [0, 0.1) is 5.41 Å². The number of esters is 1. The summed E-state index contributed by atoms with van der Waals surface area (Å²) in [6.45, 7) is 2.62. The first kappa shape index (κ1) is 16.8. The molecule has 1 fully saturated rings. The van der Waals surface area contributed by atoms with Crippen molar-refractivity contribution in [2.24, 2.45) is 5.41 Å². The number of carbonyl (C=O) groups excluding carboxylic acids is 3. The smallest absolute Gasteiger partial charge is 0.315 e. The van der Waals surface area contributed by atoms with Crippen LogP contribution in [0.15, 0.2) is 24.3 Å². The van der Waals surface area contributed by atoms with Crippen molar-refractivity contribution >= 4 is 46.5 Å². The van der Waals surface area contributed by atoms with Crippen LogP contribution in [0.3, 0.4) is 0 Å². The molecule has 1 aliphatic carbocycles. The van der Waals surface area contributed by atoms with Crippen molar-refractivity contribution in [3.63, 3.8) is 0 Å². The molecular weight excluding hydrogens is 329 g/mol. The highest BCUT2D eigenvalue weighted by Gasteiger charge is 2.69. The fourth-order valence-electron chi connectivity index (χ4n) is 1.94. The molecule has 0 bridgehead atoms. The first-order valence-electron chi connectivity index (χ1n) is 6.62. The minimum Gasteiger partial charge on any atom is -0.457 e. The van der Waals surface area contributed by atoms with E-state index in [2.05, 4.69) is 5.32 Å². The summed E-state index contributed by atoms with van der Waals surface area (Å²) in [6, 6.07) is 6.30. The van der Waals surface area contributed by atoms with E-state index < -0.39 is 15.7 Å². The number of ether oxygens (including phenoxy) is 1. The van der Waals surface area contributed by atoms with E-state index in [9.17, 15) is 14.4 Å². The molecule has 22 heavy (non-hydrogen) atoms. The van der Waals surface area contributed by atoms with E-state index >= 15 is 0 Å². The molecule has 0 heterocycles. The maximum atomic E-state index is 12.0. The van der Waals surface area contributed by atoms with Crippen molar-refractivity contribution in [3.05, 3.63) is 29.8 Å². The second kappa shape index (κ2) is 5.89. The van der Waals surface area contributed by atoms with Crippen molar-refractivity contribution in [1.29, 1.82) is 0 Å². The molecule has 7 heteroatoms. The van der Waals surface area contributed by atoms with Crippen LogP contribution < -0.4 is 5.32 Å². The van der Waals surface area contributed by atoms with Gasteiger partial charge in [-0.3, -0.25) is 14.4 Å². The molecule has 5 nitrogen and oxygen atoms in total. The van der Waals surface area contributed by atoms with Crippen molar-refractivity contribution in [1.82, 2.24) is 0 Å². The molecule has 2 rings (SSSR count). The molecule has 0 aromatic heterocycles. The van der Waals surface area contributed by atoms with E-state index in [1.807, 2.05) is 0 Å². The lowest BCUT2D eigenvalue weighted by Crippen LogP contribution is -2.24. The highest BCUT2D eigenvalue weighted by Crippen LogP contribution is 2.64. The van der Waals surface area contributed by atoms with E-state index in [4.69, 9.17) is 27.9 Å². The van der Waals surface area contributed by atoms with E-state index in [-0.39, 0.29) is 18.3 Å². The van der Waals surface area contributed by atoms with Gasteiger partial charge in [0, 0.05) is 24.6 Å². The molecule has 1 aromatic carbocycles. The Morgan fingerprint density at radius 2 is 1.77 bits per heavy atom. The number of hydrogen-bond donors (Lipinski definition) is 1. The summed E-state index contributed by atoms with van der Waals surface area (Å²) >= 11 is 11.8. The number of anilines is 1. The third-order valence-corrected chi connectivity index (χ3v) is 4.67. The van der Waals surface area contributed by atoms with Crippen LogP contribution in [-0.2, 0) is 14.3 Å². The summed E-state index contributed by atoms with van der Waals surface area (Å²) in [6.07, 6.45) is 0.307. The molecule has 0 unspecified atom stereocenters. The van der Waals surface area contributed by atoms with Crippen molar-refractivity contribution in [3.8, 4) is 0 Å². The number of benzene rings is 1. The summed E-state index contributed by atoms with van der Waals surface area (Å²) in [5.74, 6) is -1.13. The molecule has 0 aliphatic heterocycles. The minimum absolute atomic E-state index is 0.198. The van der Waals surface area contributed by atoms with Crippen LogP contribution >= 0.6 is 23.2 Å². The summed E-state index contributed by atoms with van der Waals surface area (Å²) in [4.78, 5) is 34.7. The number of halogens is 2. The van der Waals surface area contributed by atoms with Gasteiger partial charge in [-0.1, -0.05) is 0 Å². The highest BCUT2D eigenvalue weighted by atomic mass is 35.5. The third kappa shape index (κ3) is 3.42. The zero-order chi connectivity index (χ0) is 16.5. The summed E-state index contributed by atoms with van der Waals surface area (Å²) in [5.41, 5.74) is 0.0116. The van der Waals surface area contributed by atoms with Crippen molar-refractivity contribution < 1.29 is 19.1 Å². The van der Waals surface area contributed by atoms with Gasteiger partial charge in [0.25, 0.3) is 0 Å². The standard InChI is InChI=1S/C15H15Cl2NO4/c1-9(19)18-11-5-3-10(4-6-11)12(20)7-22-13(21)14(2)8-15(14,16)17/h3-6H,7-8H2,1-2H3,(H,18,19)/t14-/m1/s1. The monoisotopic (exact) mass is 343 g/mol. The Balaban J connectivity index is 1.90. The van der Waals surface area contributed by atoms with E-state index in [1.54, 1.807) is 31.2 Å². The number of amides is 1. The van der Waals surface area contributed by atoms with Gasteiger partial charge in [-0.25, -0.2) is 0 Å². The molecule has 0 saturated heterocycles. The highest BCUT2D eigenvalue weighted by molar-refractivity contribution is 6.53. The lowest BCUT2D eigenvalue weighted by atomic mass is 10.1. The quantitative estimate of drug-likeness (QED) is 0.506. The molecule has 1 saturated carbocycles. The predicted molar refractivity (Wildman–Crippen MR) is 83.2 cm³/mol. The normalized spacial score (nSPS) is 21.8. The Hall–Kier alpha value is -1.59. The molecular formula is C15H15Cl2NO4. The van der Waals surface area contributed by atoms with Gasteiger partial charge in [0.15, 0.2) is 12.4 Å². The third-order valence-electron chi connectivity index (χ3n) is 3.57. The van der Waals surface area contributed by atoms with E-state index in [0.717, 1.165) is 0 Å². The van der Waals surface area contributed by atoms with Crippen molar-refractivity contribution in [2.45, 2.75) is 24.6 Å². The lowest BCUT2D eigenvalue weighted by Gasteiger charge is -2.11. The molecule has 1 amide bonds. The number of Topliss-reactive ketones (excluding diaryl/α,β-unsaturated/α-hetero) is 1. The van der Waals surface area contributed by atoms with Gasteiger partial charge in [-0.2, -0.15) is 0 Å². The number of ketones is 1. The molecule has 1 atom stereocenters. The molecule has 0 spiro atoms. The Labute approximate surface area is 137 Å². The largest absolute Gasteiger partial charge is 0.457 e. The fourth-order valence-corrected chi connectivity index (χ4v) is 2.63. The van der Waals surface area contributed by atoms with Gasteiger partial charge in [0.2, 0.25) is 5.91 Å². The zero-order valence-electron chi connectivity index (χ0n) is 12.1. The number of rotatable bonds is 5. The lowest BCUT2D eigenvalue weighted by molar-refractivity contribution is -0.148. The molecule has 1 aliphatic rings. The fraction of sp³-hybridized carbons (Fsp3) is 0.400. The van der Waals surface area contributed by atoms with Crippen LogP contribution in [0.4, 0.5) is 5.69 Å². The first-order chi connectivity index (χ1) is 10.2. The SMILES string of the molecule is CC(=O)Nc1ccc(C(=O)COC(=O)[C@@]2(C)CC2(Cl)Cl)cc1. The topological polar surface area (TPSA) is 72.5 Å². The van der Waals surface area contributed by atoms with Gasteiger partial charge in [-0.15, -0.1) is 23.2 Å². The average molecular weight is 344 g/mol. The maximum absolute atomic E-state index is 12.0. The average Bonchev–Trinajstić information content (AvgIpc) is 2.96. The second-order valence-corrected chi connectivity index (χ2v) is 6.96. The predicted octanol–water partition coefficient (Wildman–Crippen LogP) is 2.95. The number of alkyl halides is 2. The van der Waals surface area contributed by atoms with Crippen LogP contribution in [0.25, 0.3) is 0 Å². The van der Waals surface area contributed by atoms with Crippen LogP contribution in [0.1, 0.15) is 30.6 Å². The Bertz CT molecular complexity index is 627. The Kier molecular flexibility index (Phi) is 4.49. The molecule has 0 radical (unpaired) electrons. The number of carbonyl (C=O) groups is 3. The summed E-state index contributed by atoms with van der Waals surface area (Å²) in [7, 11) is 0. The van der Waals surface area contributed by atoms with Gasteiger partial charge >= 0.3 is 5.97 Å².